The molecule has 1 rings (SSSR count). The second-order valence-corrected chi connectivity index (χ2v) is 7.90. The Bertz CT molecular complexity index is 384. The smallest absolute Gasteiger partial charge is 0.261 e. The standard InChI is InChI=1S/C10H12Br2ClNOS/c1-5(13)10(2,3)14-9(15)7-4-6(11)8(12)16-7/h4-5H,1-3H3,(H,14,15). The minimum atomic E-state index is -0.429. The predicted molar refractivity (Wildman–Crippen MR) is 76.6 cm³/mol. The van der Waals surface area contributed by atoms with Gasteiger partial charge in [-0.1, -0.05) is 0 Å². The lowest BCUT2D eigenvalue weighted by Gasteiger charge is -2.28. The van der Waals surface area contributed by atoms with Gasteiger partial charge < -0.3 is 5.32 Å². The van der Waals surface area contributed by atoms with E-state index in [0.29, 0.717) is 4.88 Å². The number of thiophene rings is 1. The summed E-state index contributed by atoms with van der Waals surface area (Å²) in [5.74, 6) is -0.103. The SMILES string of the molecule is CC(Cl)C(C)(C)NC(=O)c1cc(Br)c(Br)s1. The van der Waals surface area contributed by atoms with E-state index in [4.69, 9.17) is 11.6 Å². The highest BCUT2D eigenvalue weighted by Crippen LogP contribution is 2.32. The van der Waals surface area contributed by atoms with Crippen molar-refractivity contribution in [1.29, 1.82) is 0 Å². The lowest BCUT2D eigenvalue weighted by atomic mass is 10.0. The molecule has 0 aliphatic carbocycles. The van der Waals surface area contributed by atoms with E-state index in [9.17, 15) is 4.79 Å². The molecular formula is C10H12Br2ClNOS. The molecule has 0 saturated heterocycles. The molecule has 0 spiro atoms. The number of halogens is 3. The maximum Gasteiger partial charge on any atom is 0.261 e. The van der Waals surface area contributed by atoms with Crippen LogP contribution >= 0.6 is 54.8 Å². The van der Waals surface area contributed by atoms with Gasteiger partial charge in [0.05, 0.1) is 19.6 Å². The van der Waals surface area contributed by atoms with Crippen LogP contribution in [0, 0.1) is 0 Å². The van der Waals surface area contributed by atoms with Gasteiger partial charge in [-0.3, -0.25) is 4.79 Å². The highest BCUT2D eigenvalue weighted by molar-refractivity contribution is 9.13. The normalized spacial score (nSPS) is 13.6. The van der Waals surface area contributed by atoms with E-state index in [1.807, 2.05) is 20.8 Å². The average molecular weight is 390 g/mol. The van der Waals surface area contributed by atoms with Crippen LogP contribution in [0.15, 0.2) is 14.3 Å². The largest absolute Gasteiger partial charge is 0.345 e. The van der Waals surface area contributed by atoms with Crippen LogP contribution in [-0.4, -0.2) is 16.8 Å². The van der Waals surface area contributed by atoms with Crippen molar-refractivity contribution in [3.63, 3.8) is 0 Å². The highest BCUT2D eigenvalue weighted by atomic mass is 79.9. The Morgan fingerprint density at radius 3 is 2.50 bits per heavy atom. The van der Waals surface area contributed by atoms with Gasteiger partial charge in [0.2, 0.25) is 0 Å². The fraction of sp³-hybridized carbons (Fsp3) is 0.500. The van der Waals surface area contributed by atoms with Gasteiger partial charge in [0.25, 0.3) is 5.91 Å². The number of alkyl halides is 1. The third kappa shape index (κ3) is 3.45. The zero-order valence-electron chi connectivity index (χ0n) is 9.11. The van der Waals surface area contributed by atoms with Crippen LogP contribution in [0.3, 0.4) is 0 Å². The minimum Gasteiger partial charge on any atom is -0.345 e. The summed E-state index contributed by atoms with van der Waals surface area (Å²) in [6.45, 7) is 5.67. The number of hydrogen-bond acceptors (Lipinski definition) is 2. The van der Waals surface area contributed by atoms with Crippen molar-refractivity contribution < 1.29 is 4.79 Å². The highest BCUT2D eigenvalue weighted by Gasteiger charge is 2.27. The van der Waals surface area contributed by atoms with Crippen LogP contribution in [0.4, 0.5) is 0 Å². The minimum absolute atomic E-state index is 0.103. The Balaban J connectivity index is 2.80. The molecule has 1 aromatic heterocycles. The maximum atomic E-state index is 11.9. The zero-order chi connectivity index (χ0) is 12.5. The molecule has 0 aliphatic rings. The summed E-state index contributed by atoms with van der Waals surface area (Å²) in [5, 5.41) is 2.77. The summed E-state index contributed by atoms with van der Waals surface area (Å²) in [6, 6.07) is 1.79. The van der Waals surface area contributed by atoms with Gasteiger partial charge in [-0.25, -0.2) is 0 Å². The summed E-state index contributed by atoms with van der Waals surface area (Å²) in [4.78, 5) is 12.6. The van der Waals surface area contributed by atoms with E-state index in [2.05, 4.69) is 37.2 Å². The Labute approximate surface area is 121 Å². The second-order valence-electron chi connectivity index (χ2n) is 4.02. The van der Waals surface area contributed by atoms with Crippen LogP contribution in [0.2, 0.25) is 0 Å². The third-order valence-electron chi connectivity index (χ3n) is 2.30. The number of carbonyl (C=O) groups excluding carboxylic acids is 1. The molecule has 0 saturated carbocycles. The summed E-state index contributed by atoms with van der Waals surface area (Å²) in [5.41, 5.74) is -0.429. The van der Waals surface area contributed by atoms with E-state index < -0.39 is 5.54 Å². The molecule has 1 amide bonds. The van der Waals surface area contributed by atoms with Crippen LogP contribution in [0.5, 0.6) is 0 Å². The number of hydrogen-bond donors (Lipinski definition) is 1. The lowest BCUT2D eigenvalue weighted by Crippen LogP contribution is -2.48. The molecule has 0 aliphatic heterocycles. The van der Waals surface area contributed by atoms with Gasteiger partial charge in [-0.2, -0.15) is 0 Å². The van der Waals surface area contributed by atoms with Crippen LogP contribution in [-0.2, 0) is 0 Å². The molecule has 1 unspecified atom stereocenters. The Hall–Kier alpha value is 0.420. The van der Waals surface area contributed by atoms with E-state index in [-0.39, 0.29) is 11.3 Å². The van der Waals surface area contributed by atoms with Gasteiger partial charge in [0, 0.05) is 4.47 Å². The van der Waals surface area contributed by atoms with Crippen molar-refractivity contribution in [2.75, 3.05) is 0 Å². The van der Waals surface area contributed by atoms with Crippen LogP contribution in [0.25, 0.3) is 0 Å². The van der Waals surface area contributed by atoms with E-state index >= 15 is 0 Å². The second kappa shape index (κ2) is 5.38. The first-order valence-electron chi connectivity index (χ1n) is 4.65. The Morgan fingerprint density at radius 1 is 1.56 bits per heavy atom. The van der Waals surface area contributed by atoms with Crippen LogP contribution < -0.4 is 5.32 Å². The van der Waals surface area contributed by atoms with E-state index in [1.54, 1.807) is 6.07 Å². The number of nitrogens with one attached hydrogen (secondary N) is 1. The van der Waals surface area contributed by atoms with Gasteiger partial charge >= 0.3 is 0 Å². The third-order valence-corrected chi connectivity index (χ3v) is 6.10. The predicted octanol–water partition coefficient (Wildman–Crippen LogP) is 4.41. The van der Waals surface area contributed by atoms with Crippen LogP contribution in [0.1, 0.15) is 30.4 Å². The quantitative estimate of drug-likeness (QED) is 0.763. The topological polar surface area (TPSA) is 29.1 Å². The molecule has 16 heavy (non-hydrogen) atoms. The number of amides is 1. The molecule has 90 valence electrons. The summed E-state index contributed by atoms with van der Waals surface area (Å²) in [6.07, 6.45) is 0. The molecule has 1 aromatic rings. The van der Waals surface area contributed by atoms with Crippen molar-refractivity contribution in [1.82, 2.24) is 5.32 Å². The van der Waals surface area contributed by atoms with Crippen molar-refractivity contribution in [3.05, 3.63) is 19.2 Å². The fourth-order valence-corrected chi connectivity index (χ4v) is 2.90. The number of carbonyl (C=O) groups is 1. The maximum absolute atomic E-state index is 11.9. The molecule has 1 atom stereocenters. The molecule has 0 aromatic carbocycles. The first-order valence-corrected chi connectivity index (χ1v) is 7.49. The van der Waals surface area contributed by atoms with E-state index in [1.165, 1.54) is 11.3 Å². The van der Waals surface area contributed by atoms with Crippen molar-refractivity contribution in [2.45, 2.75) is 31.7 Å². The summed E-state index contributed by atoms with van der Waals surface area (Å²) < 4.78 is 1.80. The molecule has 6 heteroatoms. The molecule has 1 heterocycles. The van der Waals surface area contributed by atoms with Crippen molar-refractivity contribution >= 4 is 60.7 Å². The lowest BCUT2D eigenvalue weighted by molar-refractivity contribution is 0.0916. The molecule has 0 fully saturated rings. The fourth-order valence-electron chi connectivity index (χ4n) is 0.912. The Kier molecular flexibility index (Phi) is 4.87. The Morgan fingerprint density at radius 2 is 2.12 bits per heavy atom. The number of rotatable bonds is 3. The molecule has 0 bridgehead atoms. The van der Waals surface area contributed by atoms with Gasteiger partial charge in [0.1, 0.15) is 0 Å². The van der Waals surface area contributed by atoms with E-state index in [0.717, 1.165) is 8.26 Å². The van der Waals surface area contributed by atoms with Gasteiger partial charge in [0.15, 0.2) is 0 Å². The molecule has 0 radical (unpaired) electrons. The molecule has 1 N–H and O–H groups in total. The first kappa shape index (κ1) is 14.5. The van der Waals surface area contributed by atoms with Gasteiger partial charge in [-0.05, 0) is 58.7 Å². The monoisotopic (exact) mass is 387 g/mol. The van der Waals surface area contributed by atoms with Crippen molar-refractivity contribution in [2.24, 2.45) is 0 Å². The summed E-state index contributed by atoms with van der Waals surface area (Å²) >= 11 is 14.1. The van der Waals surface area contributed by atoms with Crippen molar-refractivity contribution in [3.8, 4) is 0 Å². The first-order chi connectivity index (χ1) is 7.24. The van der Waals surface area contributed by atoms with Gasteiger partial charge in [-0.15, -0.1) is 22.9 Å². The average Bonchev–Trinajstić information content (AvgIpc) is 2.46. The zero-order valence-corrected chi connectivity index (χ0v) is 13.8. The summed E-state index contributed by atoms with van der Waals surface area (Å²) in [7, 11) is 0. The molecule has 2 nitrogen and oxygen atoms in total. The molecular weight excluding hydrogens is 377 g/mol.